The molecule has 0 saturated heterocycles. The highest BCUT2D eigenvalue weighted by atomic mass is 16.6. The maximum atomic E-state index is 11.6. The van der Waals surface area contributed by atoms with Crippen molar-refractivity contribution in [3.8, 4) is 0 Å². The molecule has 0 radical (unpaired) electrons. The second-order valence-electron chi connectivity index (χ2n) is 4.01. The van der Waals surface area contributed by atoms with Gasteiger partial charge in [-0.1, -0.05) is 30.3 Å². The lowest BCUT2D eigenvalue weighted by molar-refractivity contribution is -0.154. The number of carboxylic acids is 1. The van der Waals surface area contributed by atoms with Crippen LogP contribution in [0.25, 0.3) is 0 Å². The number of nitrogens with one attached hydrogen (secondary N) is 2. The number of carbonyl (C=O) groups excluding carboxylic acids is 2. The van der Waals surface area contributed by atoms with E-state index in [0.717, 1.165) is 5.56 Å². The molecule has 1 atom stereocenters. The van der Waals surface area contributed by atoms with Crippen molar-refractivity contribution in [1.82, 2.24) is 10.8 Å². The summed E-state index contributed by atoms with van der Waals surface area (Å²) in [6.07, 6.45) is -0.438. The first-order chi connectivity index (χ1) is 9.54. The smallest absolute Gasteiger partial charge is 0.316 e. The number of rotatable bonds is 7. The summed E-state index contributed by atoms with van der Waals surface area (Å²) in [4.78, 5) is 38.6. The minimum atomic E-state index is -1.48. The van der Waals surface area contributed by atoms with Gasteiger partial charge in [-0.15, -0.1) is 0 Å². The van der Waals surface area contributed by atoms with Crippen molar-refractivity contribution in [2.75, 3.05) is 7.05 Å². The van der Waals surface area contributed by atoms with E-state index in [-0.39, 0.29) is 6.61 Å². The van der Waals surface area contributed by atoms with Gasteiger partial charge < -0.3 is 10.4 Å². The normalized spacial score (nSPS) is 11.4. The average molecular weight is 280 g/mol. The summed E-state index contributed by atoms with van der Waals surface area (Å²) >= 11 is 0. The van der Waals surface area contributed by atoms with Gasteiger partial charge in [0.05, 0.1) is 6.61 Å². The molecule has 0 aliphatic heterocycles. The predicted molar refractivity (Wildman–Crippen MR) is 69.2 cm³/mol. The molecule has 108 valence electrons. The van der Waals surface area contributed by atoms with Crippen molar-refractivity contribution >= 4 is 17.8 Å². The van der Waals surface area contributed by atoms with Crippen LogP contribution in [0.5, 0.6) is 0 Å². The molecule has 0 heterocycles. The fourth-order valence-electron chi connectivity index (χ4n) is 1.42. The van der Waals surface area contributed by atoms with Gasteiger partial charge in [0.1, 0.15) is 5.92 Å². The summed E-state index contributed by atoms with van der Waals surface area (Å²) in [7, 11) is 1.37. The molecule has 0 aliphatic rings. The van der Waals surface area contributed by atoms with Gasteiger partial charge in [-0.2, -0.15) is 0 Å². The van der Waals surface area contributed by atoms with Gasteiger partial charge in [-0.05, 0) is 5.56 Å². The summed E-state index contributed by atoms with van der Waals surface area (Å²) in [5.41, 5.74) is 2.87. The molecule has 1 unspecified atom stereocenters. The zero-order valence-electron chi connectivity index (χ0n) is 11.0. The summed E-state index contributed by atoms with van der Waals surface area (Å²) < 4.78 is 0. The zero-order valence-corrected chi connectivity index (χ0v) is 11.0. The number of amides is 2. The van der Waals surface area contributed by atoms with Gasteiger partial charge in [-0.25, -0.2) is 5.48 Å². The lowest BCUT2D eigenvalue weighted by Gasteiger charge is -2.12. The second kappa shape index (κ2) is 7.90. The van der Waals surface area contributed by atoms with Gasteiger partial charge in [0.15, 0.2) is 0 Å². The maximum absolute atomic E-state index is 11.6. The highest BCUT2D eigenvalue weighted by Gasteiger charge is 2.28. The van der Waals surface area contributed by atoms with Crippen molar-refractivity contribution in [2.45, 2.75) is 13.0 Å². The molecule has 0 aliphatic carbocycles. The molecule has 2 amide bonds. The fourth-order valence-corrected chi connectivity index (χ4v) is 1.42. The third kappa shape index (κ3) is 5.07. The van der Waals surface area contributed by atoms with E-state index in [1.54, 1.807) is 12.1 Å². The highest BCUT2D eigenvalue weighted by molar-refractivity contribution is 6.00. The number of carbonyl (C=O) groups is 3. The van der Waals surface area contributed by atoms with Gasteiger partial charge in [0.25, 0.3) is 5.91 Å². The van der Waals surface area contributed by atoms with Crippen molar-refractivity contribution in [3.05, 3.63) is 35.9 Å². The molecule has 1 rings (SSSR count). The first kappa shape index (κ1) is 15.6. The monoisotopic (exact) mass is 280 g/mol. The average Bonchev–Trinajstić information content (AvgIpc) is 2.45. The van der Waals surface area contributed by atoms with Gasteiger partial charge >= 0.3 is 5.97 Å². The molecule has 7 nitrogen and oxygen atoms in total. The summed E-state index contributed by atoms with van der Waals surface area (Å²) in [6.45, 7) is 0.110. The SMILES string of the molecule is CNC(=O)CC(C(=O)O)C(=O)NOCc1ccccc1. The van der Waals surface area contributed by atoms with E-state index in [9.17, 15) is 14.4 Å². The molecule has 7 heteroatoms. The summed E-state index contributed by atoms with van der Waals surface area (Å²) in [6, 6.07) is 9.06. The Hall–Kier alpha value is -2.41. The van der Waals surface area contributed by atoms with Crippen LogP contribution in [0.15, 0.2) is 30.3 Å². The fraction of sp³-hybridized carbons (Fsp3) is 0.308. The van der Waals surface area contributed by atoms with Crippen molar-refractivity contribution < 1.29 is 24.3 Å². The van der Waals surface area contributed by atoms with Crippen LogP contribution in [-0.4, -0.2) is 29.9 Å². The van der Waals surface area contributed by atoms with E-state index < -0.39 is 30.1 Å². The molecule has 0 fully saturated rings. The Labute approximate surface area is 115 Å². The largest absolute Gasteiger partial charge is 0.481 e. The third-order valence-electron chi connectivity index (χ3n) is 2.54. The Balaban J connectivity index is 2.46. The maximum Gasteiger partial charge on any atom is 0.316 e. The Kier molecular flexibility index (Phi) is 6.18. The second-order valence-corrected chi connectivity index (χ2v) is 4.01. The van der Waals surface area contributed by atoms with Crippen molar-refractivity contribution in [1.29, 1.82) is 0 Å². The molecule has 1 aromatic carbocycles. The van der Waals surface area contributed by atoms with Crippen LogP contribution in [0, 0.1) is 5.92 Å². The first-order valence-electron chi connectivity index (χ1n) is 5.93. The minimum absolute atomic E-state index is 0.110. The van der Waals surface area contributed by atoms with Crippen LogP contribution >= 0.6 is 0 Å². The van der Waals surface area contributed by atoms with Crippen LogP contribution in [0.1, 0.15) is 12.0 Å². The molecule has 20 heavy (non-hydrogen) atoms. The first-order valence-corrected chi connectivity index (χ1v) is 5.93. The molecular weight excluding hydrogens is 264 g/mol. The number of hydrogen-bond donors (Lipinski definition) is 3. The molecule has 0 aromatic heterocycles. The summed E-state index contributed by atoms with van der Waals surface area (Å²) in [5, 5.41) is 11.2. The van der Waals surface area contributed by atoms with Crippen molar-refractivity contribution in [3.63, 3.8) is 0 Å². The van der Waals surface area contributed by atoms with Crippen molar-refractivity contribution in [2.24, 2.45) is 5.92 Å². The molecule has 0 saturated carbocycles. The molecule has 0 spiro atoms. The number of benzene rings is 1. The lowest BCUT2D eigenvalue weighted by atomic mass is 10.1. The van der Waals surface area contributed by atoms with Crippen LogP contribution in [0.4, 0.5) is 0 Å². The Bertz CT molecular complexity index is 475. The zero-order chi connectivity index (χ0) is 15.0. The number of hydroxylamine groups is 1. The van der Waals surface area contributed by atoms with Crippen LogP contribution in [0.3, 0.4) is 0 Å². The molecule has 1 aromatic rings. The number of carboxylic acid groups (broad SMARTS) is 1. The van der Waals surface area contributed by atoms with Crippen LogP contribution in [-0.2, 0) is 25.8 Å². The number of hydrogen-bond acceptors (Lipinski definition) is 4. The molecular formula is C13H16N2O5. The van der Waals surface area contributed by atoms with Gasteiger partial charge in [0, 0.05) is 13.5 Å². The van der Waals surface area contributed by atoms with E-state index in [1.165, 1.54) is 7.05 Å². The summed E-state index contributed by atoms with van der Waals surface area (Å²) in [5.74, 6) is -4.26. The quantitative estimate of drug-likeness (QED) is 0.484. The van der Waals surface area contributed by atoms with Crippen LogP contribution < -0.4 is 10.8 Å². The standard InChI is InChI=1S/C13H16N2O5/c1-14-11(16)7-10(13(18)19)12(17)15-20-8-9-5-3-2-4-6-9/h2-6,10H,7-8H2,1H3,(H,14,16)(H,15,17)(H,18,19). The van der Waals surface area contributed by atoms with E-state index in [1.807, 2.05) is 23.7 Å². The Morgan fingerprint density at radius 2 is 1.90 bits per heavy atom. The Morgan fingerprint density at radius 1 is 1.25 bits per heavy atom. The highest BCUT2D eigenvalue weighted by Crippen LogP contribution is 2.05. The topological polar surface area (TPSA) is 105 Å². The van der Waals surface area contributed by atoms with E-state index in [2.05, 4.69) is 5.32 Å². The Morgan fingerprint density at radius 3 is 2.45 bits per heavy atom. The van der Waals surface area contributed by atoms with Crippen LogP contribution in [0.2, 0.25) is 0 Å². The van der Waals surface area contributed by atoms with Gasteiger partial charge in [0.2, 0.25) is 5.91 Å². The third-order valence-corrected chi connectivity index (χ3v) is 2.54. The van der Waals surface area contributed by atoms with E-state index in [4.69, 9.17) is 9.94 Å². The molecule has 0 bridgehead atoms. The van der Waals surface area contributed by atoms with Gasteiger partial charge in [-0.3, -0.25) is 19.2 Å². The van der Waals surface area contributed by atoms with E-state index in [0.29, 0.717) is 0 Å². The minimum Gasteiger partial charge on any atom is -0.481 e. The number of aliphatic carboxylic acids is 1. The molecule has 3 N–H and O–H groups in total. The lowest BCUT2D eigenvalue weighted by Crippen LogP contribution is -2.38. The predicted octanol–water partition coefficient (Wildman–Crippen LogP) is 0.0713. The van der Waals surface area contributed by atoms with E-state index >= 15 is 0 Å².